The summed E-state index contributed by atoms with van der Waals surface area (Å²) in [4.78, 5) is 40.7. The lowest BCUT2D eigenvalue weighted by Crippen LogP contribution is -2.26. The minimum absolute atomic E-state index is 0.000263. The molecule has 14 heteroatoms. The van der Waals surface area contributed by atoms with Gasteiger partial charge in [-0.25, -0.2) is 8.42 Å². The van der Waals surface area contributed by atoms with Gasteiger partial charge in [-0.3, -0.25) is 14.4 Å². The van der Waals surface area contributed by atoms with Gasteiger partial charge in [-0.1, -0.05) is 24.3 Å². The smallest absolute Gasteiger partial charge is 0.454 e. The SMILES string of the molecule is CN1CCc2ccc(NC(=O)c3cccc(C(=O)C(F)(F)F)c3)cc2C1.COc1ccc(C(=O)Nc2ccc3c(c2)CN(C)CC3)cc1S(C)(=O)=O. The van der Waals surface area contributed by atoms with Crippen LogP contribution in [-0.4, -0.2) is 82.5 Å². The Morgan fingerprint density at radius 1 is 0.692 bits per heavy atom. The number of anilines is 2. The Labute approximate surface area is 300 Å². The van der Waals surface area contributed by atoms with E-state index < -0.39 is 33.3 Å². The molecule has 0 fully saturated rings. The highest BCUT2D eigenvalue weighted by atomic mass is 32.2. The van der Waals surface area contributed by atoms with Gasteiger partial charge in [-0.15, -0.1) is 0 Å². The standard InChI is InChI=1S/C19H17F3N2O2.C19H22N2O4S/c1-24-8-7-12-5-6-16(10-15(12)11-24)23-18(26)14-4-2-3-13(9-14)17(25)19(20,21)22;1-21-9-8-13-4-6-16(10-15(13)12-21)20-19(22)14-5-7-17(25-2)18(11-14)26(3,23)24/h2-6,9-10H,7-8,11H2,1H3,(H,23,26);4-7,10-11H,8-9,12H2,1-3H3,(H,20,22). The molecule has 4 aromatic rings. The van der Waals surface area contributed by atoms with E-state index in [1.54, 1.807) is 12.1 Å². The third-order valence-corrected chi connectivity index (χ3v) is 9.92. The average Bonchev–Trinajstić information content (AvgIpc) is 3.10. The zero-order valence-corrected chi connectivity index (χ0v) is 30.0. The number of ketones is 1. The molecule has 0 radical (unpaired) electrons. The van der Waals surface area contributed by atoms with E-state index in [0.29, 0.717) is 11.4 Å². The molecule has 0 saturated heterocycles. The fourth-order valence-corrected chi connectivity index (χ4v) is 6.89. The van der Waals surface area contributed by atoms with Crippen LogP contribution in [0.25, 0.3) is 0 Å². The number of nitrogens with one attached hydrogen (secondary N) is 2. The van der Waals surface area contributed by atoms with E-state index in [1.807, 2.05) is 37.4 Å². The molecule has 0 aliphatic carbocycles. The number of methoxy groups -OCH3 is 1. The second-order valence-corrected chi connectivity index (χ2v) is 14.9. The van der Waals surface area contributed by atoms with Crippen LogP contribution in [0.3, 0.4) is 0 Å². The number of sulfone groups is 1. The monoisotopic (exact) mass is 736 g/mol. The van der Waals surface area contributed by atoms with Crippen molar-refractivity contribution >= 4 is 38.8 Å². The maximum Gasteiger partial charge on any atom is 0.454 e. The Morgan fingerprint density at radius 2 is 1.19 bits per heavy atom. The van der Waals surface area contributed by atoms with Crippen LogP contribution in [0.15, 0.2) is 83.8 Å². The quantitative estimate of drug-likeness (QED) is 0.221. The zero-order valence-electron chi connectivity index (χ0n) is 29.1. The van der Waals surface area contributed by atoms with E-state index in [9.17, 15) is 36.0 Å². The summed E-state index contributed by atoms with van der Waals surface area (Å²) in [7, 11) is 1.97. The largest absolute Gasteiger partial charge is 0.495 e. The van der Waals surface area contributed by atoms with E-state index in [2.05, 4.69) is 27.5 Å². The first-order chi connectivity index (χ1) is 24.5. The Balaban J connectivity index is 0.000000201. The topological polar surface area (TPSA) is 125 Å². The first-order valence-corrected chi connectivity index (χ1v) is 18.2. The molecule has 2 aliphatic rings. The summed E-state index contributed by atoms with van der Waals surface area (Å²) in [5.74, 6) is -2.67. The average molecular weight is 737 g/mol. The number of hydrogen-bond acceptors (Lipinski definition) is 8. The Hall–Kier alpha value is -5.05. The number of hydrogen-bond donors (Lipinski definition) is 2. The molecular weight excluding hydrogens is 698 g/mol. The molecule has 4 aromatic carbocycles. The van der Waals surface area contributed by atoms with Gasteiger partial charge >= 0.3 is 6.18 Å². The van der Waals surface area contributed by atoms with E-state index in [-0.39, 0.29) is 27.7 Å². The van der Waals surface area contributed by atoms with Gasteiger partial charge in [0.2, 0.25) is 0 Å². The predicted octanol–water partition coefficient (Wildman–Crippen LogP) is 6.01. The summed E-state index contributed by atoms with van der Waals surface area (Å²) in [6.07, 6.45) is -1.95. The lowest BCUT2D eigenvalue weighted by atomic mass is 9.99. The Bertz CT molecular complexity index is 2120. The van der Waals surface area contributed by atoms with Gasteiger partial charge in [0, 0.05) is 60.5 Å². The van der Waals surface area contributed by atoms with Crippen LogP contribution >= 0.6 is 0 Å². The number of nitrogens with zero attached hydrogens (tertiary/aromatic N) is 2. The lowest BCUT2D eigenvalue weighted by molar-refractivity contribution is -0.0885. The first kappa shape index (κ1) is 38.2. The number of carbonyl (C=O) groups excluding carboxylic acids is 3. The van der Waals surface area contributed by atoms with Gasteiger partial charge in [0.25, 0.3) is 17.6 Å². The van der Waals surface area contributed by atoms with E-state index in [1.165, 1.54) is 48.1 Å². The van der Waals surface area contributed by atoms with Crippen LogP contribution in [0.1, 0.15) is 53.3 Å². The van der Waals surface area contributed by atoms with Gasteiger partial charge in [0.15, 0.2) is 9.84 Å². The van der Waals surface area contributed by atoms with Crippen molar-refractivity contribution in [1.82, 2.24) is 9.80 Å². The molecule has 0 bridgehead atoms. The van der Waals surface area contributed by atoms with Crippen molar-refractivity contribution in [3.05, 3.63) is 118 Å². The van der Waals surface area contributed by atoms with Crippen molar-refractivity contribution in [2.45, 2.75) is 37.0 Å². The summed E-state index contributed by atoms with van der Waals surface area (Å²) in [5.41, 5.74) is 5.79. The normalized spacial score (nSPS) is 14.6. The van der Waals surface area contributed by atoms with Crippen molar-refractivity contribution in [1.29, 1.82) is 0 Å². The van der Waals surface area contributed by atoms with E-state index in [4.69, 9.17) is 4.74 Å². The number of likely N-dealkylation sites (N-methyl/N-ethyl adjacent to an activating group) is 2. The number of amides is 2. The fourth-order valence-electron chi connectivity index (χ4n) is 6.03. The van der Waals surface area contributed by atoms with Crippen LogP contribution < -0.4 is 15.4 Å². The van der Waals surface area contributed by atoms with E-state index in [0.717, 1.165) is 63.0 Å². The van der Waals surface area contributed by atoms with Crippen LogP contribution in [0, 0.1) is 0 Å². The number of fused-ring (bicyclic) bond motifs is 2. The lowest BCUT2D eigenvalue weighted by Gasteiger charge is -2.25. The fraction of sp³-hybridized carbons (Fsp3) is 0.289. The van der Waals surface area contributed by atoms with Gasteiger partial charge in [-0.2, -0.15) is 13.2 Å². The van der Waals surface area contributed by atoms with Gasteiger partial charge < -0.3 is 25.2 Å². The molecule has 52 heavy (non-hydrogen) atoms. The van der Waals surface area contributed by atoms with Crippen LogP contribution in [-0.2, 0) is 35.8 Å². The number of benzene rings is 4. The van der Waals surface area contributed by atoms with Crippen LogP contribution in [0.2, 0.25) is 0 Å². The van der Waals surface area contributed by atoms with Crippen molar-refractivity contribution in [3.63, 3.8) is 0 Å². The van der Waals surface area contributed by atoms with Gasteiger partial charge in [0.05, 0.1) is 7.11 Å². The molecule has 0 saturated carbocycles. The number of halogens is 3. The molecule has 6 rings (SSSR count). The molecule has 0 atom stereocenters. The second-order valence-electron chi connectivity index (χ2n) is 12.9. The molecule has 2 heterocycles. The minimum Gasteiger partial charge on any atom is -0.495 e. The maximum absolute atomic E-state index is 12.6. The molecule has 2 amide bonds. The van der Waals surface area contributed by atoms with E-state index >= 15 is 0 Å². The highest BCUT2D eigenvalue weighted by Gasteiger charge is 2.39. The second kappa shape index (κ2) is 15.7. The van der Waals surface area contributed by atoms with Crippen molar-refractivity contribution in [3.8, 4) is 5.75 Å². The summed E-state index contributed by atoms with van der Waals surface area (Å²) >= 11 is 0. The Morgan fingerprint density at radius 3 is 1.67 bits per heavy atom. The molecule has 0 aromatic heterocycles. The zero-order chi connectivity index (χ0) is 37.8. The molecule has 0 spiro atoms. The number of Topliss-reactive ketones (excluding diaryl/α,β-unsaturated/α-hetero) is 1. The number of rotatable bonds is 7. The van der Waals surface area contributed by atoms with Crippen molar-refractivity contribution in [2.75, 3.05) is 51.2 Å². The summed E-state index contributed by atoms with van der Waals surface area (Å²) in [6, 6.07) is 20.5. The molecule has 10 nitrogen and oxygen atoms in total. The molecule has 274 valence electrons. The van der Waals surface area contributed by atoms with Crippen molar-refractivity contribution < 1.29 is 40.7 Å². The Kier molecular flexibility index (Phi) is 11.5. The third kappa shape index (κ3) is 9.43. The number of carbonyl (C=O) groups is 3. The highest BCUT2D eigenvalue weighted by Crippen LogP contribution is 2.27. The predicted molar refractivity (Wildman–Crippen MR) is 192 cm³/mol. The maximum atomic E-state index is 12.6. The van der Waals surface area contributed by atoms with Gasteiger partial charge in [-0.05, 0) is 104 Å². The van der Waals surface area contributed by atoms with Crippen molar-refractivity contribution in [2.24, 2.45) is 0 Å². The van der Waals surface area contributed by atoms with Crippen LogP contribution in [0.4, 0.5) is 24.5 Å². The van der Waals surface area contributed by atoms with Gasteiger partial charge in [0.1, 0.15) is 10.6 Å². The first-order valence-electron chi connectivity index (χ1n) is 16.3. The molecule has 0 unspecified atom stereocenters. The molecular formula is C38H39F3N4O6S. The third-order valence-electron chi connectivity index (χ3n) is 8.80. The number of alkyl halides is 3. The molecule has 2 aliphatic heterocycles. The molecule has 2 N–H and O–H groups in total. The minimum atomic E-state index is -4.97. The summed E-state index contributed by atoms with van der Waals surface area (Å²) < 4.78 is 66.6. The van der Waals surface area contributed by atoms with Crippen LogP contribution in [0.5, 0.6) is 5.75 Å². The summed E-state index contributed by atoms with van der Waals surface area (Å²) in [6.45, 7) is 3.62. The number of ether oxygens (including phenoxy) is 1. The summed E-state index contributed by atoms with van der Waals surface area (Å²) in [5, 5.41) is 5.52. The highest BCUT2D eigenvalue weighted by molar-refractivity contribution is 7.90.